The van der Waals surface area contributed by atoms with Crippen LogP contribution in [0, 0.1) is 23.1 Å². The number of halogens is 1. The van der Waals surface area contributed by atoms with Gasteiger partial charge in [0.1, 0.15) is 24.0 Å². The number of aryl methyl sites for hydroxylation is 1. The zero-order valence-corrected chi connectivity index (χ0v) is 23.1. The Bertz CT molecular complexity index is 1600. The summed E-state index contributed by atoms with van der Waals surface area (Å²) in [5, 5.41) is 14.1. The SMILES string of the molecule is CCc1cnc(N2CCN(c3ncc(-c4ccc(-n5cnn(CC(C)C)c5=O)c(F)c4)cc3C#N)[C@@H](C)C2)nc1. The molecule has 11 heteroatoms. The number of benzene rings is 1. The van der Waals surface area contributed by atoms with E-state index in [1.165, 1.54) is 21.6 Å². The predicted octanol–water partition coefficient (Wildman–Crippen LogP) is 3.83. The standard InChI is InChI=1S/C29H32FN9O/c1-5-21-13-33-28(34-14-21)36-8-9-37(20(4)17-36)27-23(12-31)10-24(15-32-27)22-6-7-26(25(30)11-22)38-18-35-39(29(38)40)16-19(2)3/h6-7,10-11,13-15,18-20H,5,8-9,16-17H2,1-4H3/t20-/m0/s1. The molecule has 0 saturated carbocycles. The number of nitriles is 1. The van der Waals surface area contributed by atoms with Crippen molar-refractivity contribution in [1.82, 2.24) is 29.3 Å². The van der Waals surface area contributed by atoms with Crippen LogP contribution in [0.3, 0.4) is 0 Å². The molecule has 5 rings (SSSR count). The lowest BCUT2D eigenvalue weighted by atomic mass is 10.0. The van der Waals surface area contributed by atoms with Gasteiger partial charge in [0, 0.05) is 56.4 Å². The van der Waals surface area contributed by atoms with Gasteiger partial charge in [0.15, 0.2) is 0 Å². The van der Waals surface area contributed by atoms with Crippen molar-refractivity contribution in [3.05, 3.63) is 76.6 Å². The highest BCUT2D eigenvalue weighted by atomic mass is 19.1. The largest absolute Gasteiger partial charge is 0.350 e. The molecule has 0 aliphatic carbocycles. The van der Waals surface area contributed by atoms with E-state index >= 15 is 4.39 Å². The molecular weight excluding hydrogens is 509 g/mol. The Kier molecular flexibility index (Phi) is 7.60. The summed E-state index contributed by atoms with van der Waals surface area (Å²) in [5.41, 5.74) is 2.41. The first-order valence-corrected chi connectivity index (χ1v) is 13.5. The van der Waals surface area contributed by atoms with Gasteiger partial charge >= 0.3 is 5.69 Å². The van der Waals surface area contributed by atoms with Crippen molar-refractivity contribution in [3.8, 4) is 22.9 Å². The minimum Gasteiger partial charge on any atom is -0.349 e. The van der Waals surface area contributed by atoms with Crippen LogP contribution in [0.25, 0.3) is 16.8 Å². The maximum absolute atomic E-state index is 15.2. The molecule has 1 saturated heterocycles. The van der Waals surface area contributed by atoms with E-state index < -0.39 is 11.5 Å². The summed E-state index contributed by atoms with van der Waals surface area (Å²) in [4.78, 5) is 30.6. The quantitative estimate of drug-likeness (QED) is 0.347. The van der Waals surface area contributed by atoms with Gasteiger partial charge < -0.3 is 9.80 Å². The van der Waals surface area contributed by atoms with Crippen LogP contribution < -0.4 is 15.5 Å². The molecule has 1 fully saturated rings. The number of pyridine rings is 1. The van der Waals surface area contributed by atoms with Crippen molar-refractivity contribution in [1.29, 1.82) is 5.26 Å². The van der Waals surface area contributed by atoms with E-state index in [1.54, 1.807) is 24.4 Å². The summed E-state index contributed by atoms with van der Waals surface area (Å²) < 4.78 is 17.7. The van der Waals surface area contributed by atoms with E-state index in [1.807, 2.05) is 26.2 Å². The van der Waals surface area contributed by atoms with Crippen LogP contribution in [0.1, 0.15) is 38.8 Å². The van der Waals surface area contributed by atoms with Gasteiger partial charge in [0.05, 0.1) is 11.3 Å². The average Bonchev–Trinajstić information content (AvgIpc) is 3.31. The Morgan fingerprint density at radius 1 is 1.10 bits per heavy atom. The van der Waals surface area contributed by atoms with Crippen LogP contribution in [0.5, 0.6) is 0 Å². The molecule has 1 aliphatic heterocycles. The molecule has 10 nitrogen and oxygen atoms in total. The molecule has 0 radical (unpaired) electrons. The third-order valence-corrected chi connectivity index (χ3v) is 7.08. The Labute approximate surface area is 232 Å². The van der Waals surface area contributed by atoms with Gasteiger partial charge in [-0.3, -0.25) is 0 Å². The first-order chi connectivity index (χ1) is 19.3. The number of hydrogen-bond acceptors (Lipinski definition) is 8. The Hall–Kier alpha value is -4.59. The second-order valence-corrected chi connectivity index (χ2v) is 10.5. The second kappa shape index (κ2) is 11.3. The van der Waals surface area contributed by atoms with Crippen LogP contribution in [0.4, 0.5) is 16.2 Å². The van der Waals surface area contributed by atoms with Crippen LogP contribution in [-0.4, -0.2) is 55.0 Å². The van der Waals surface area contributed by atoms with Crippen molar-refractivity contribution in [2.24, 2.45) is 5.92 Å². The third-order valence-electron chi connectivity index (χ3n) is 7.08. The van der Waals surface area contributed by atoms with Gasteiger partial charge in [-0.15, -0.1) is 0 Å². The molecule has 40 heavy (non-hydrogen) atoms. The Morgan fingerprint density at radius 2 is 1.88 bits per heavy atom. The zero-order chi connectivity index (χ0) is 28.4. The number of piperazine rings is 1. The minimum atomic E-state index is -0.565. The summed E-state index contributed by atoms with van der Waals surface area (Å²) >= 11 is 0. The smallest absolute Gasteiger partial charge is 0.349 e. The van der Waals surface area contributed by atoms with Crippen molar-refractivity contribution < 1.29 is 4.39 Å². The van der Waals surface area contributed by atoms with Crippen LogP contribution >= 0.6 is 0 Å². The van der Waals surface area contributed by atoms with E-state index in [-0.39, 0.29) is 17.6 Å². The van der Waals surface area contributed by atoms with E-state index in [0.717, 1.165) is 12.0 Å². The number of rotatable bonds is 7. The first-order valence-electron chi connectivity index (χ1n) is 13.5. The van der Waals surface area contributed by atoms with Crippen molar-refractivity contribution >= 4 is 11.8 Å². The molecule has 0 bridgehead atoms. The maximum Gasteiger partial charge on any atom is 0.350 e. The lowest BCUT2D eigenvalue weighted by Crippen LogP contribution is -2.53. The normalized spacial score (nSPS) is 15.5. The molecule has 4 heterocycles. The molecule has 1 aromatic carbocycles. The molecule has 1 aliphatic rings. The topological polar surface area (TPSA) is 109 Å². The molecule has 0 unspecified atom stereocenters. The second-order valence-electron chi connectivity index (χ2n) is 10.5. The van der Waals surface area contributed by atoms with Crippen LogP contribution in [0.15, 0.2) is 54.0 Å². The van der Waals surface area contributed by atoms with Gasteiger partial charge in [-0.25, -0.2) is 33.4 Å². The molecule has 0 N–H and O–H groups in total. The third kappa shape index (κ3) is 5.30. The fourth-order valence-electron chi connectivity index (χ4n) is 4.93. The van der Waals surface area contributed by atoms with Gasteiger partial charge in [-0.1, -0.05) is 26.8 Å². The summed E-state index contributed by atoms with van der Waals surface area (Å²) in [6.45, 7) is 10.6. The monoisotopic (exact) mass is 541 g/mol. The predicted molar refractivity (Wildman–Crippen MR) is 151 cm³/mol. The number of aromatic nitrogens is 6. The Balaban J connectivity index is 1.35. The van der Waals surface area contributed by atoms with Crippen LogP contribution in [0.2, 0.25) is 0 Å². The summed E-state index contributed by atoms with van der Waals surface area (Å²) in [6.07, 6.45) is 7.61. The highest BCUT2D eigenvalue weighted by Crippen LogP contribution is 2.29. The molecular formula is C29H32FN9O. The van der Waals surface area contributed by atoms with Crippen molar-refractivity contribution in [3.63, 3.8) is 0 Å². The first kappa shape index (κ1) is 27.0. The zero-order valence-electron chi connectivity index (χ0n) is 23.1. The van der Waals surface area contributed by atoms with E-state index in [9.17, 15) is 10.1 Å². The molecule has 4 aromatic rings. The highest BCUT2D eigenvalue weighted by molar-refractivity contribution is 5.69. The molecule has 0 spiro atoms. The molecule has 206 valence electrons. The van der Waals surface area contributed by atoms with Gasteiger partial charge in [0.2, 0.25) is 5.95 Å². The lowest BCUT2D eigenvalue weighted by Gasteiger charge is -2.40. The molecule has 0 amide bonds. The van der Waals surface area contributed by atoms with E-state index in [0.29, 0.717) is 54.6 Å². The number of anilines is 2. The van der Waals surface area contributed by atoms with Crippen molar-refractivity contribution in [2.45, 2.75) is 46.7 Å². The van der Waals surface area contributed by atoms with Crippen molar-refractivity contribution in [2.75, 3.05) is 29.4 Å². The van der Waals surface area contributed by atoms with Gasteiger partial charge in [0.25, 0.3) is 0 Å². The molecule has 3 aromatic heterocycles. The fourth-order valence-corrected chi connectivity index (χ4v) is 4.93. The maximum atomic E-state index is 15.2. The number of nitrogens with zero attached hydrogens (tertiary/aromatic N) is 9. The Morgan fingerprint density at radius 3 is 2.52 bits per heavy atom. The van der Waals surface area contributed by atoms with Crippen LogP contribution in [-0.2, 0) is 13.0 Å². The van der Waals surface area contributed by atoms with E-state index in [4.69, 9.17) is 0 Å². The molecule has 1 atom stereocenters. The lowest BCUT2D eigenvalue weighted by molar-refractivity contribution is 0.469. The highest BCUT2D eigenvalue weighted by Gasteiger charge is 2.28. The number of hydrogen-bond donors (Lipinski definition) is 0. The van der Waals surface area contributed by atoms with Gasteiger partial charge in [-0.05, 0) is 48.6 Å². The summed E-state index contributed by atoms with van der Waals surface area (Å²) in [6, 6.07) is 8.68. The fraction of sp³-hybridized carbons (Fsp3) is 0.379. The van der Waals surface area contributed by atoms with E-state index in [2.05, 4.69) is 49.8 Å². The summed E-state index contributed by atoms with van der Waals surface area (Å²) in [7, 11) is 0. The van der Waals surface area contributed by atoms with Gasteiger partial charge in [-0.2, -0.15) is 10.4 Å². The summed E-state index contributed by atoms with van der Waals surface area (Å²) in [5.74, 6) is 0.969. The minimum absolute atomic E-state index is 0.0697. The average molecular weight is 542 g/mol.